The Morgan fingerprint density at radius 1 is 1.64 bits per heavy atom. The van der Waals surface area contributed by atoms with Crippen molar-refractivity contribution in [3.8, 4) is 5.75 Å². The number of aromatic amines is 1. The summed E-state index contributed by atoms with van der Waals surface area (Å²) >= 11 is 0. The zero-order valence-corrected chi connectivity index (χ0v) is 6.00. The molecule has 1 aromatic heterocycles. The van der Waals surface area contributed by atoms with Crippen molar-refractivity contribution in [2.75, 3.05) is 0 Å². The van der Waals surface area contributed by atoms with E-state index in [4.69, 9.17) is 5.11 Å². The summed E-state index contributed by atoms with van der Waals surface area (Å²) in [5.74, 6) is -0.695. The molecule has 0 aliphatic heterocycles. The molecule has 0 aromatic carbocycles. The summed E-state index contributed by atoms with van der Waals surface area (Å²) in [6.45, 7) is 0. The van der Waals surface area contributed by atoms with E-state index in [0.29, 0.717) is 10.3 Å². The average molecular weight is 179 g/mol. The summed E-state index contributed by atoms with van der Waals surface area (Å²) in [7, 11) is -4.00. The van der Waals surface area contributed by atoms with Gasteiger partial charge in [0, 0.05) is 0 Å². The highest BCUT2D eigenvalue weighted by Crippen LogP contribution is 1.97. The number of nitrogens with zero attached hydrogens (tertiary/aromatic N) is 1. The van der Waals surface area contributed by atoms with Crippen LogP contribution < -0.4 is 10.7 Å². The second kappa shape index (κ2) is 2.10. The third-order valence-electron chi connectivity index (χ3n) is 0.958. The molecule has 0 atom stereocenters. The number of aromatic hydroxyl groups is 1. The van der Waals surface area contributed by atoms with Gasteiger partial charge in [-0.3, -0.25) is 4.79 Å². The van der Waals surface area contributed by atoms with E-state index in [2.05, 4.69) is 5.14 Å². The maximum Gasteiger partial charge on any atom is 0.316 e. The molecule has 11 heavy (non-hydrogen) atoms. The van der Waals surface area contributed by atoms with Crippen LogP contribution in [0, 0.1) is 0 Å². The Kier molecular flexibility index (Phi) is 1.50. The average Bonchev–Trinajstić information content (AvgIpc) is 2.11. The second-order valence-electron chi connectivity index (χ2n) is 1.80. The Morgan fingerprint density at radius 3 is 2.36 bits per heavy atom. The highest BCUT2D eigenvalue weighted by atomic mass is 32.2. The van der Waals surface area contributed by atoms with Gasteiger partial charge in [0.1, 0.15) is 0 Å². The highest BCUT2D eigenvalue weighted by Gasteiger charge is 2.08. The largest absolute Gasteiger partial charge is 0.502 e. The van der Waals surface area contributed by atoms with Crippen LogP contribution in [0.2, 0.25) is 0 Å². The molecule has 0 aliphatic rings. The molecule has 0 spiro atoms. The first kappa shape index (κ1) is 7.82. The predicted molar refractivity (Wildman–Crippen MR) is 35.2 cm³/mol. The molecule has 8 heteroatoms. The monoisotopic (exact) mass is 179 g/mol. The number of H-pyrrole nitrogens is 1. The van der Waals surface area contributed by atoms with Crippen molar-refractivity contribution in [2.24, 2.45) is 5.14 Å². The Labute approximate surface area is 61.2 Å². The van der Waals surface area contributed by atoms with Gasteiger partial charge in [-0.2, -0.15) is 12.5 Å². The lowest BCUT2D eigenvalue weighted by Gasteiger charge is -1.93. The molecule has 1 rings (SSSR count). The van der Waals surface area contributed by atoms with Crippen molar-refractivity contribution in [3.63, 3.8) is 0 Å². The lowest BCUT2D eigenvalue weighted by Crippen LogP contribution is -2.23. The van der Waals surface area contributed by atoms with E-state index in [9.17, 15) is 13.2 Å². The van der Waals surface area contributed by atoms with Crippen LogP contribution in [0.5, 0.6) is 5.75 Å². The molecule has 0 fully saturated rings. The van der Waals surface area contributed by atoms with Crippen LogP contribution in [-0.2, 0) is 10.2 Å². The molecule has 0 saturated carbocycles. The van der Waals surface area contributed by atoms with Crippen molar-refractivity contribution in [1.29, 1.82) is 0 Å². The molecule has 0 amide bonds. The molecule has 62 valence electrons. The molecular formula is C3H5N3O4S. The number of hydrogen-bond donors (Lipinski definition) is 3. The van der Waals surface area contributed by atoms with Gasteiger partial charge in [-0.05, 0) is 0 Å². The quantitative estimate of drug-likeness (QED) is 0.459. The van der Waals surface area contributed by atoms with Crippen LogP contribution in [-0.4, -0.2) is 22.7 Å². The molecule has 0 radical (unpaired) electrons. The summed E-state index contributed by atoms with van der Waals surface area (Å²) in [4.78, 5) is 10.4. The lowest BCUT2D eigenvalue weighted by molar-refractivity contribution is 0.470. The van der Waals surface area contributed by atoms with Crippen LogP contribution in [0.4, 0.5) is 0 Å². The number of rotatable bonds is 1. The van der Waals surface area contributed by atoms with Crippen LogP contribution in [0.3, 0.4) is 0 Å². The standard InChI is InChI=1S/C3H5N3O4S/c4-11(9,10)6-1-2(7)3(8)5-6/h1,7H,(H,5,8)(H2,4,9,10). The van der Waals surface area contributed by atoms with Gasteiger partial charge in [0.15, 0.2) is 0 Å². The van der Waals surface area contributed by atoms with Gasteiger partial charge >= 0.3 is 15.8 Å². The van der Waals surface area contributed by atoms with E-state index in [1.165, 1.54) is 0 Å². The van der Waals surface area contributed by atoms with Gasteiger partial charge in [-0.1, -0.05) is 0 Å². The molecule has 7 nitrogen and oxygen atoms in total. The predicted octanol–water partition coefficient (Wildman–Crippen LogP) is -2.07. The summed E-state index contributed by atoms with van der Waals surface area (Å²) in [6, 6.07) is 0. The van der Waals surface area contributed by atoms with E-state index in [-0.39, 0.29) is 0 Å². The zero-order valence-electron chi connectivity index (χ0n) is 5.18. The fourth-order valence-electron chi connectivity index (χ4n) is 0.496. The van der Waals surface area contributed by atoms with Crippen molar-refractivity contribution < 1.29 is 13.5 Å². The third-order valence-corrected chi connectivity index (χ3v) is 1.70. The van der Waals surface area contributed by atoms with E-state index >= 15 is 0 Å². The molecule has 0 unspecified atom stereocenters. The van der Waals surface area contributed by atoms with Gasteiger partial charge < -0.3 is 5.11 Å². The van der Waals surface area contributed by atoms with E-state index < -0.39 is 21.5 Å². The smallest absolute Gasteiger partial charge is 0.316 e. The molecule has 1 heterocycles. The van der Waals surface area contributed by atoms with Crippen molar-refractivity contribution in [3.05, 3.63) is 16.6 Å². The van der Waals surface area contributed by atoms with Crippen LogP contribution in [0.25, 0.3) is 0 Å². The summed E-state index contributed by atoms with van der Waals surface area (Å²) < 4.78 is 21.2. The van der Waals surface area contributed by atoms with E-state index in [1.807, 2.05) is 0 Å². The number of nitrogens with one attached hydrogen (secondary N) is 1. The maximum absolute atomic E-state index is 10.5. The highest BCUT2D eigenvalue weighted by molar-refractivity contribution is 7.87. The molecule has 0 saturated heterocycles. The van der Waals surface area contributed by atoms with E-state index in [0.717, 1.165) is 0 Å². The van der Waals surface area contributed by atoms with Crippen LogP contribution in [0.15, 0.2) is 11.0 Å². The summed E-state index contributed by atoms with van der Waals surface area (Å²) in [6.07, 6.45) is 0.678. The second-order valence-corrected chi connectivity index (χ2v) is 3.22. The maximum atomic E-state index is 10.5. The van der Waals surface area contributed by atoms with Gasteiger partial charge in [0.2, 0.25) is 5.75 Å². The Bertz CT molecular complexity index is 412. The Balaban J connectivity index is 3.41. The van der Waals surface area contributed by atoms with Crippen molar-refractivity contribution in [2.45, 2.75) is 0 Å². The molecular weight excluding hydrogens is 174 g/mol. The SMILES string of the molecule is NS(=O)(=O)n1cc(O)c(=O)[nH]1. The minimum Gasteiger partial charge on any atom is -0.502 e. The summed E-state index contributed by atoms with van der Waals surface area (Å²) in [5, 5.41) is 15.0. The van der Waals surface area contributed by atoms with Crippen LogP contribution in [0.1, 0.15) is 0 Å². The van der Waals surface area contributed by atoms with Crippen molar-refractivity contribution >= 4 is 10.2 Å². The molecule has 1 aromatic rings. The van der Waals surface area contributed by atoms with Crippen molar-refractivity contribution in [1.82, 2.24) is 9.19 Å². The minimum absolute atomic E-state index is 0.324. The Hall–Kier alpha value is -1.28. The first-order valence-electron chi connectivity index (χ1n) is 2.45. The lowest BCUT2D eigenvalue weighted by atomic mass is 10.7. The fourth-order valence-corrected chi connectivity index (χ4v) is 0.953. The Morgan fingerprint density at radius 2 is 2.18 bits per heavy atom. The number of aromatic nitrogens is 2. The number of nitrogens with two attached hydrogens (primary N) is 1. The third kappa shape index (κ3) is 1.41. The molecule has 0 aliphatic carbocycles. The first-order valence-corrected chi connectivity index (χ1v) is 3.95. The molecule has 0 bridgehead atoms. The zero-order chi connectivity index (χ0) is 8.65. The van der Waals surface area contributed by atoms with Gasteiger partial charge in [-0.25, -0.2) is 10.2 Å². The van der Waals surface area contributed by atoms with Gasteiger partial charge in [0.25, 0.3) is 0 Å². The fraction of sp³-hybridized carbons (Fsp3) is 0. The topological polar surface area (TPSA) is 118 Å². The molecule has 4 N–H and O–H groups in total. The summed E-state index contributed by atoms with van der Waals surface area (Å²) in [5.41, 5.74) is -0.904. The normalized spacial score (nSPS) is 11.7. The van der Waals surface area contributed by atoms with Gasteiger partial charge in [-0.15, -0.1) is 0 Å². The van der Waals surface area contributed by atoms with Crippen LogP contribution >= 0.6 is 0 Å². The first-order chi connectivity index (χ1) is 4.91. The van der Waals surface area contributed by atoms with E-state index in [1.54, 1.807) is 5.10 Å². The van der Waals surface area contributed by atoms with Gasteiger partial charge in [0.05, 0.1) is 6.20 Å². The minimum atomic E-state index is -4.00. The number of hydrogen-bond acceptors (Lipinski definition) is 4.